The number of aromatic nitrogens is 2. The monoisotopic (exact) mass is 399 g/mol. The van der Waals surface area contributed by atoms with E-state index in [1.807, 2.05) is 56.3 Å². The van der Waals surface area contributed by atoms with E-state index in [2.05, 4.69) is 4.98 Å². The fourth-order valence-corrected chi connectivity index (χ4v) is 3.45. The van der Waals surface area contributed by atoms with Crippen LogP contribution < -0.4 is 11.0 Å². The second kappa shape index (κ2) is 7.93. The Morgan fingerprint density at radius 3 is 2.33 bits per heavy atom. The lowest BCUT2D eigenvalue weighted by Gasteiger charge is -2.14. The molecular formula is C24H21N3O3. The fourth-order valence-electron chi connectivity index (χ4n) is 3.45. The molecule has 6 heteroatoms. The Hall–Kier alpha value is -3.77. The van der Waals surface area contributed by atoms with E-state index in [1.165, 1.54) is 0 Å². The average molecular weight is 399 g/mol. The Morgan fingerprint density at radius 2 is 1.67 bits per heavy atom. The van der Waals surface area contributed by atoms with Crippen LogP contribution >= 0.6 is 0 Å². The predicted octanol–water partition coefficient (Wildman–Crippen LogP) is 3.85. The van der Waals surface area contributed by atoms with E-state index in [0.29, 0.717) is 17.8 Å². The first kappa shape index (κ1) is 19.5. The third-order valence-corrected chi connectivity index (χ3v) is 5.27. The smallest absolute Gasteiger partial charge is 0.277 e. The van der Waals surface area contributed by atoms with Crippen molar-refractivity contribution in [2.24, 2.45) is 0 Å². The van der Waals surface area contributed by atoms with Crippen molar-refractivity contribution in [2.75, 3.05) is 0 Å². The number of rotatable bonds is 4. The standard InChI is InChI=1S/C24H21N3O3/c1-15-12-20-21(13-16(15)2)27(14-17-8-10-19(11-9-17)23(28)26-30)24(29)22(25-20)18-6-4-3-5-7-18/h3-13,30H,14H2,1-2H3,(H,26,28). The van der Waals surface area contributed by atoms with E-state index in [-0.39, 0.29) is 5.56 Å². The molecule has 0 saturated carbocycles. The highest BCUT2D eigenvalue weighted by atomic mass is 16.5. The van der Waals surface area contributed by atoms with Gasteiger partial charge in [-0.2, -0.15) is 0 Å². The topological polar surface area (TPSA) is 84.2 Å². The summed E-state index contributed by atoms with van der Waals surface area (Å²) in [6, 6.07) is 20.2. The fraction of sp³-hybridized carbons (Fsp3) is 0.125. The van der Waals surface area contributed by atoms with Crippen LogP contribution in [-0.2, 0) is 6.54 Å². The molecule has 1 heterocycles. The molecule has 0 atom stereocenters. The molecule has 1 aromatic heterocycles. The number of benzene rings is 3. The first-order valence-corrected chi connectivity index (χ1v) is 9.58. The molecule has 0 unspecified atom stereocenters. The molecular weight excluding hydrogens is 378 g/mol. The molecule has 30 heavy (non-hydrogen) atoms. The molecule has 0 aliphatic heterocycles. The maximum Gasteiger partial charge on any atom is 0.277 e. The van der Waals surface area contributed by atoms with Gasteiger partial charge >= 0.3 is 0 Å². The van der Waals surface area contributed by atoms with Crippen LogP contribution in [0, 0.1) is 13.8 Å². The molecule has 0 bridgehead atoms. The number of aryl methyl sites for hydroxylation is 2. The molecule has 0 radical (unpaired) electrons. The highest BCUT2D eigenvalue weighted by molar-refractivity contribution is 5.93. The molecule has 4 aromatic rings. The summed E-state index contributed by atoms with van der Waals surface area (Å²) in [7, 11) is 0. The summed E-state index contributed by atoms with van der Waals surface area (Å²) in [5.41, 5.74) is 7.53. The molecule has 150 valence electrons. The third-order valence-electron chi connectivity index (χ3n) is 5.27. The van der Waals surface area contributed by atoms with Crippen molar-refractivity contribution in [3.63, 3.8) is 0 Å². The highest BCUT2D eigenvalue weighted by Gasteiger charge is 2.14. The number of fused-ring (bicyclic) bond motifs is 1. The van der Waals surface area contributed by atoms with Crippen LogP contribution in [0.2, 0.25) is 0 Å². The van der Waals surface area contributed by atoms with Gasteiger partial charge in [-0.15, -0.1) is 0 Å². The summed E-state index contributed by atoms with van der Waals surface area (Å²) < 4.78 is 1.72. The van der Waals surface area contributed by atoms with Gasteiger partial charge in [-0.1, -0.05) is 42.5 Å². The van der Waals surface area contributed by atoms with Crippen molar-refractivity contribution < 1.29 is 10.0 Å². The van der Waals surface area contributed by atoms with Crippen molar-refractivity contribution >= 4 is 16.9 Å². The van der Waals surface area contributed by atoms with Crippen molar-refractivity contribution in [3.8, 4) is 11.3 Å². The van der Waals surface area contributed by atoms with Crippen LogP contribution in [0.5, 0.6) is 0 Å². The highest BCUT2D eigenvalue weighted by Crippen LogP contribution is 2.21. The maximum absolute atomic E-state index is 13.4. The molecule has 0 aliphatic carbocycles. The molecule has 4 rings (SSSR count). The Balaban J connectivity index is 1.89. The number of nitrogens with zero attached hydrogens (tertiary/aromatic N) is 2. The Kier molecular flexibility index (Phi) is 5.16. The van der Waals surface area contributed by atoms with E-state index >= 15 is 0 Å². The Labute approximate surface area is 173 Å². The zero-order chi connectivity index (χ0) is 21.3. The van der Waals surface area contributed by atoms with Gasteiger partial charge in [0.1, 0.15) is 5.69 Å². The lowest BCUT2D eigenvalue weighted by Crippen LogP contribution is -2.24. The van der Waals surface area contributed by atoms with Gasteiger partial charge in [0.25, 0.3) is 11.5 Å². The predicted molar refractivity (Wildman–Crippen MR) is 116 cm³/mol. The number of amides is 1. The van der Waals surface area contributed by atoms with Gasteiger partial charge in [-0.25, -0.2) is 10.5 Å². The van der Waals surface area contributed by atoms with Crippen molar-refractivity contribution in [3.05, 3.63) is 99.3 Å². The lowest BCUT2D eigenvalue weighted by atomic mass is 10.1. The number of carbonyl (C=O) groups is 1. The summed E-state index contributed by atoms with van der Waals surface area (Å²) >= 11 is 0. The second-order valence-electron chi connectivity index (χ2n) is 7.28. The molecule has 0 aliphatic rings. The van der Waals surface area contributed by atoms with E-state index in [1.54, 1.807) is 34.3 Å². The van der Waals surface area contributed by atoms with Crippen LogP contribution in [0.4, 0.5) is 0 Å². The average Bonchev–Trinajstić information content (AvgIpc) is 2.77. The number of hydroxylamine groups is 1. The number of hydrogen-bond acceptors (Lipinski definition) is 4. The largest absolute Gasteiger partial charge is 0.300 e. The third kappa shape index (κ3) is 3.60. The summed E-state index contributed by atoms with van der Waals surface area (Å²) in [4.78, 5) is 29.7. The Morgan fingerprint density at radius 1 is 1.00 bits per heavy atom. The normalized spacial score (nSPS) is 10.9. The van der Waals surface area contributed by atoms with Crippen LogP contribution in [0.25, 0.3) is 22.3 Å². The number of hydrogen-bond donors (Lipinski definition) is 2. The Bertz CT molecular complexity index is 1290. The van der Waals surface area contributed by atoms with E-state index < -0.39 is 5.91 Å². The molecule has 2 N–H and O–H groups in total. The molecule has 3 aromatic carbocycles. The van der Waals surface area contributed by atoms with Crippen LogP contribution in [0.1, 0.15) is 27.0 Å². The first-order chi connectivity index (χ1) is 14.5. The number of nitrogens with one attached hydrogen (secondary N) is 1. The zero-order valence-electron chi connectivity index (χ0n) is 16.7. The van der Waals surface area contributed by atoms with Crippen LogP contribution in [0.3, 0.4) is 0 Å². The van der Waals surface area contributed by atoms with Crippen LogP contribution in [-0.4, -0.2) is 20.7 Å². The van der Waals surface area contributed by atoms with Crippen molar-refractivity contribution in [1.82, 2.24) is 15.0 Å². The summed E-state index contributed by atoms with van der Waals surface area (Å²) in [6.07, 6.45) is 0. The van der Waals surface area contributed by atoms with Gasteiger partial charge in [0.2, 0.25) is 0 Å². The summed E-state index contributed by atoms with van der Waals surface area (Å²) in [6.45, 7) is 4.37. The maximum atomic E-state index is 13.4. The van der Waals surface area contributed by atoms with E-state index in [4.69, 9.17) is 5.21 Å². The minimum absolute atomic E-state index is 0.172. The van der Waals surface area contributed by atoms with Gasteiger partial charge in [-0.3, -0.25) is 14.8 Å². The summed E-state index contributed by atoms with van der Waals surface area (Å²) in [5.74, 6) is -0.578. The SMILES string of the molecule is Cc1cc2nc(-c3ccccc3)c(=O)n(Cc3ccc(C(=O)NO)cc3)c2cc1C. The van der Waals surface area contributed by atoms with Gasteiger partial charge in [0.05, 0.1) is 17.6 Å². The molecule has 0 spiro atoms. The molecule has 0 saturated heterocycles. The van der Waals surface area contributed by atoms with E-state index in [9.17, 15) is 9.59 Å². The van der Waals surface area contributed by atoms with Gasteiger partial charge < -0.3 is 4.57 Å². The second-order valence-corrected chi connectivity index (χ2v) is 7.28. The van der Waals surface area contributed by atoms with Gasteiger partial charge in [0, 0.05) is 11.1 Å². The van der Waals surface area contributed by atoms with Gasteiger partial charge in [0.15, 0.2) is 0 Å². The van der Waals surface area contributed by atoms with E-state index in [0.717, 1.165) is 33.3 Å². The van der Waals surface area contributed by atoms with Crippen molar-refractivity contribution in [1.29, 1.82) is 0 Å². The minimum Gasteiger partial charge on any atom is -0.300 e. The molecule has 6 nitrogen and oxygen atoms in total. The lowest BCUT2D eigenvalue weighted by molar-refractivity contribution is 0.0706. The minimum atomic E-state index is -0.578. The zero-order valence-corrected chi connectivity index (χ0v) is 16.7. The quantitative estimate of drug-likeness (QED) is 0.403. The van der Waals surface area contributed by atoms with Crippen LogP contribution in [0.15, 0.2) is 71.5 Å². The first-order valence-electron chi connectivity index (χ1n) is 9.58. The molecule has 1 amide bonds. The van der Waals surface area contributed by atoms with Crippen molar-refractivity contribution in [2.45, 2.75) is 20.4 Å². The number of carbonyl (C=O) groups excluding carboxylic acids is 1. The molecule has 0 fully saturated rings. The van der Waals surface area contributed by atoms with Gasteiger partial charge in [-0.05, 0) is 54.8 Å². The summed E-state index contributed by atoms with van der Waals surface area (Å²) in [5, 5.41) is 8.78.